The molecule has 1 aliphatic heterocycles. The Morgan fingerprint density at radius 2 is 2.14 bits per heavy atom. The zero-order chi connectivity index (χ0) is 15.6. The normalized spacial score (nSPS) is 16.6. The number of aromatic nitrogens is 2. The maximum atomic E-state index is 11.7. The van der Waals surface area contributed by atoms with Gasteiger partial charge in [-0.3, -0.25) is 9.48 Å². The van der Waals surface area contributed by atoms with Crippen molar-refractivity contribution in [2.24, 2.45) is 7.05 Å². The Kier molecular flexibility index (Phi) is 4.88. The first-order valence-corrected chi connectivity index (χ1v) is 7.61. The van der Waals surface area contributed by atoms with E-state index in [-0.39, 0.29) is 11.9 Å². The fourth-order valence-corrected chi connectivity index (χ4v) is 3.02. The summed E-state index contributed by atoms with van der Waals surface area (Å²) in [6, 6.07) is 0.279. The van der Waals surface area contributed by atoms with Crippen molar-refractivity contribution in [3.05, 3.63) is 11.3 Å². The van der Waals surface area contributed by atoms with Crippen LogP contribution in [-0.4, -0.2) is 53.8 Å². The van der Waals surface area contributed by atoms with Crippen molar-refractivity contribution in [2.45, 2.75) is 39.3 Å². The van der Waals surface area contributed by atoms with Gasteiger partial charge in [0.15, 0.2) is 0 Å². The van der Waals surface area contributed by atoms with Gasteiger partial charge in [0.05, 0.1) is 5.69 Å². The van der Waals surface area contributed by atoms with Crippen LogP contribution in [-0.2, 0) is 18.4 Å². The molecule has 0 aliphatic carbocycles. The number of aryl methyl sites for hydroxylation is 2. The number of nitrogens with one attached hydrogen (secondary N) is 1. The van der Waals surface area contributed by atoms with Gasteiger partial charge in [-0.1, -0.05) is 0 Å². The third kappa shape index (κ3) is 3.56. The third-order valence-corrected chi connectivity index (χ3v) is 4.03. The van der Waals surface area contributed by atoms with Gasteiger partial charge in [0.1, 0.15) is 5.82 Å². The van der Waals surface area contributed by atoms with E-state index >= 15 is 0 Å². The maximum absolute atomic E-state index is 11.7. The van der Waals surface area contributed by atoms with E-state index in [9.17, 15) is 4.79 Å². The zero-order valence-electron chi connectivity index (χ0n) is 13.8. The van der Waals surface area contributed by atoms with E-state index < -0.39 is 0 Å². The van der Waals surface area contributed by atoms with Gasteiger partial charge < -0.3 is 15.1 Å². The van der Waals surface area contributed by atoms with Crippen LogP contribution >= 0.6 is 0 Å². The molecule has 2 heterocycles. The molecule has 1 amide bonds. The van der Waals surface area contributed by atoms with Crippen molar-refractivity contribution in [1.29, 1.82) is 0 Å². The zero-order valence-corrected chi connectivity index (χ0v) is 13.8. The highest BCUT2D eigenvalue weighted by Gasteiger charge is 2.22. The molecule has 6 heteroatoms. The smallest absolute Gasteiger partial charge is 0.222 e. The standard InChI is InChI=1S/C15H27N5O/c1-11(10-20-8-6-7-14(20)21)16-9-13-12(2)17-19(5)15(13)18(3)4/h11,16H,6-10H2,1-5H3. The van der Waals surface area contributed by atoms with Crippen molar-refractivity contribution in [3.63, 3.8) is 0 Å². The molecule has 0 bridgehead atoms. The van der Waals surface area contributed by atoms with Crippen LogP contribution in [0, 0.1) is 6.92 Å². The number of hydrogen-bond donors (Lipinski definition) is 1. The summed E-state index contributed by atoms with van der Waals surface area (Å²) in [7, 11) is 6.04. The van der Waals surface area contributed by atoms with Gasteiger partial charge in [-0.15, -0.1) is 0 Å². The van der Waals surface area contributed by atoms with Crippen molar-refractivity contribution < 1.29 is 4.79 Å². The molecular formula is C15H27N5O. The summed E-state index contributed by atoms with van der Waals surface area (Å²) in [5.41, 5.74) is 2.28. The molecular weight excluding hydrogens is 266 g/mol. The Labute approximate surface area is 127 Å². The van der Waals surface area contributed by atoms with Crippen LogP contribution < -0.4 is 10.2 Å². The van der Waals surface area contributed by atoms with Crippen LogP contribution in [0.4, 0.5) is 5.82 Å². The lowest BCUT2D eigenvalue weighted by molar-refractivity contribution is -0.127. The molecule has 118 valence electrons. The Hall–Kier alpha value is -1.56. The fourth-order valence-electron chi connectivity index (χ4n) is 3.02. The lowest BCUT2D eigenvalue weighted by Gasteiger charge is -2.22. The topological polar surface area (TPSA) is 53.4 Å². The molecule has 1 atom stereocenters. The van der Waals surface area contributed by atoms with Gasteiger partial charge in [-0.05, 0) is 20.3 Å². The van der Waals surface area contributed by atoms with Crippen LogP contribution in [0.25, 0.3) is 0 Å². The van der Waals surface area contributed by atoms with Gasteiger partial charge in [0, 0.05) is 58.8 Å². The SMILES string of the molecule is Cc1nn(C)c(N(C)C)c1CNC(C)CN1CCCC1=O. The lowest BCUT2D eigenvalue weighted by atomic mass is 10.2. The summed E-state index contributed by atoms with van der Waals surface area (Å²) >= 11 is 0. The van der Waals surface area contributed by atoms with Crippen LogP contribution in [0.3, 0.4) is 0 Å². The van der Waals surface area contributed by atoms with Gasteiger partial charge >= 0.3 is 0 Å². The first kappa shape index (κ1) is 15.8. The average Bonchev–Trinajstić information content (AvgIpc) is 2.91. The predicted molar refractivity (Wildman–Crippen MR) is 84.4 cm³/mol. The molecule has 0 aromatic carbocycles. The van der Waals surface area contributed by atoms with E-state index in [0.717, 1.165) is 37.6 Å². The molecule has 0 spiro atoms. The Morgan fingerprint density at radius 1 is 1.43 bits per heavy atom. The molecule has 0 radical (unpaired) electrons. The second-order valence-corrected chi connectivity index (χ2v) is 6.13. The number of likely N-dealkylation sites (tertiary alicyclic amines) is 1. The molecule has 2 rings (SSSR count). The third-order valence-electron chi connectivity index (χ3n) is 4.03. The van der Waals surface area contributed by atoms with E-state index in [0.29, 0.717) is 6.42 Å². The number of amides is 1. The Morgan fingerprint density at radius 3 is 2.71 bits per heavy atom. The number of nitrogens with zero attached hydrogens (tertiary/aromatic N) is 4. The minimum atomic E-state index is 0.279. The minimum Gasteiger partial charge on any atom is -0.363 e. The number of carbonyl (C=O) groups excluding carboxylic acids is 1. The van der Waals surface area contributed by atoms with Gasteiger partial charge in [-0.2, -0.15) is 5.10 Å². The molecule has 1 fully saturated rings. The summed E-state index contributed by atoms with van der Waals surface area (Å²) in [5, 5.41) is 8.02. The summed E-state index contributed by atoms with van der Waals surface area (Å²) in [4.78, 5) is 15.7. The Bertz CT molecular complexity index is 508. The van der Waals surface area contributed by atoms with E-state index in [1.165, 1.54) is 5.56 Å². The van der Waals surface area contributed by atoms with Crippen molar-refractivity contribution >= 4 is 11.7 Å². The highest BCUT2D eigenvalue weighted by Crippen LogP contribution is 2.21. The molecule has 6 nitrogen and oxygen atoms in total. The molecule has 1 N–H and O–H groups in total. The highest BCUT2D eigenvalue weighted by atomic mass is 16.2. The summed E-state index contributed by atoms with van der Waals surface area (Å²) in [5.74, 6) is 1.42. The van der Waals surface area contributed by atoms with Gasteiger partial charge in [0.25, 0.3) is 0 Å². The molecule has 1 unspecified atom stereocenters. The fraction of sp³-hybridized carbons (Fsp3) is 0.733. The summed E-state index contributed by atoms with van der Waals surface area (Å²) in [6.07, 6.45) is 1.71. The van der Waals surface area contributed by atoms with Crippen molar-refractivity contribution in [3.8, 4) is 0 Å². The van der Waals surface area contributed by atoms with E-state index in [1.54, 1.807) is 0 Å². The van der Waals surface area contributed by atoms with Crippen molar-refractivity contribution in [1.82, 2.24) is 20.0 Å². The van der Waals surface area contributed by atoms with E-state index in [2.05, 4.69) is 22.2 Å². The van der Waals surface area contributed by atoms with E-state index in [1.807, 2.05) is 37.6 Å². The first-order valence-electron chi connectivity index (χ1n) is 7.61. The Balaban J connectivity index is 1.95. The largest absolute Gasteiger partial charge is 0.363 e. The number of carbonyl (C=O) groups is 1. The number of rotatable bonds is 6. The lowest BCUT2D eigenvalue weighted by Crippen LogP contribution is -2.39. The molecule has 21 heavy (non-hydrogen) atoms. The molecule has 1 aromatic heterocycles. The second-order valence-electron chi connectivity index (χ2n) is 6.13. The highest BCUT2D eigenvalue weighted by molar-refractivity contribution is 5.78. The van der Waals surface area contributed by atoms with Crippen LogP contribution in [0.1, 0.15) is 31.0 Å². The van der Waals surface area contributed by atoms with Crippen LogP contribution in [0.5, 0.6) is 0 Å². The van der Waals surface area contributed by atoms with Gasteiger partial charge in [0.2, 0.25) is 5.91 Å². The van der Waals surface area contributed by atoms with Crippen LogP contribution in [0.2, 0.25) is 0 Å². The minimum absolute atomic E-state index is 0.279. The predicted octanol–water partition coefficient (Wildman–Crippen LogP) is 0.895. The summed E-state index contributed by atoms with van der Waals surface area (Å²) < 4.78 is 1.92. The van der Waals surface area contributed by atoms with E-state index in [4.69, 9.17) is 0 Å². The molecule has 1 aliphatic rings. The van der Waals surface area contributed by atoms with Crippen LogP contribution in [0.15, 0.2) is 0 Å². The second kappa shape index (κ2) is 6.47. The maximum Gasteiger partial charge on any atom is 0.222 e. The average molecular weight is 293 g/mol. The van der Waals surface area contributed by atoms with Crippen molar-refractivity contribution in [2.75, 3.05) is 32.1 Å². The molecule has 1 aromatic rings. The first-order chi connectivity index (χ1) is 9.90. The number of anilines is 1. The molecule has 1 saturated heterocycles. The summed E-state index contributed by atoms with van der Waals surface area (Å²) in [6.45, 7) is 6.64. The quantitative estimate of drug-likeness (QED) is 0.846. The molecule has 0 saturated carbocycles. The van der Waals surface area contributed by atoms with Gasteiger partial charge in [-0.25, -0.2) is 0 Å². The monoisotopic (exact) mass is 293 g/mol. The number of hydrogen-bond acceptors (Lipinski definition) is 4.